The largest absolute Gasteiger partial charge is 0.349 e. The van der Waals surface area contributed by atoms with Gasteiger partial charge in [0.25, 0.3) is 5.91 Å². The number of aromatic nitrogens is 2. The minimum absolute atomic E-state index is 0.0241. The van der Waals surface area contributed by atoms with Crippen molar-refractivity contribution >= 4 is 5.91 Å². The molecule has 2 aromatic carbocycles. The van der Waals surface area contributed by atoms with Crippen LogP contribution >= 0.6 is 0 Å². The number of carbonyl (C=O) groups is 1. The summed E-state index contributed by atoms with van der Waals surface area (Å²) in [5.41, 5.74) is 3.63. The van der Waals surface area contributed by atoms with E-state index < -0.39 is 0 Å². The van der Waals surface area contributed by atoms with E-state index in [1.165, 1.54) is 0 Å². The van der Waals surface area contributed by atoms with Crippen LogP contribution in [0.4, 0.5) is 0 Å². The predicted molar refractivity (Wildman–Crippen MR) is 107 cm³/mol. The number of amides is 1. The molecule has 5 heteroatoms. The van der Waals surface area contributed by atoms with E-state index in [0.29, 0.717) is 11.5 Å². The average molecular weight is 360 g/mol. The summed E-state index contributed by atoms with van der Waals surface area (Å²) in [6.45, 7) is 4.06. The van der Waals surface area contributed by atoms with Crippen molar-refractivity contribution in [2.45, 2.75) is 19.4 Å². The summed E-state index contributed by atoms with van der Waals surface area (Å²) in [5.74, 6) is 0.408. The molecule has 1 aliphatic heterocycles. The third kappa shape index (κ3) is 3.78. The summed E-state index contributed by atoms with van der Waals surface area (Å²) in [7, 11) is 0. The molecule has 0 spiro atoms. The van der Waals surface area contributed by atoms with Gasteiger partial charge in [-0.05, 0) is 49.7 Å². The number of rotatable bonds is 4. The summed E-state index contributed by atoms with van der Waals surface area (Å²) < 4.78 is 1.87. The lowest BCUT2D eigenvalue weighted by atomic mass is 9.95. The summed E-state index contributed by atoms with van der Waals surface area (Å²) in [5, 5.41) is 11.0. The summed E-state index contributed by atoms with van der Waals surface area (Å²) in [6, 6.07) is 20.0. The van der Waals surface area contributed by atoms with Crippen LogP contribution in [0.5, 0.6) is 0 Å². The standard InChI is InChI=1S/C22H24N4O/c1-16-15-23-12-10-20(16)25-22(27)18-8-5-9-19(14-18)26-21(11-13-24-26)17-6-3-2-4-7-17/h2-9,11,13-14,16,20,23H,10,12,15H2,1H3,(H,25,27). The van der Waals surface area contributed by atoms with Crippen LogP contribution in [0.25, 0.3) is 16.9 Å². The van der Waals surface area contributed by atoms with Crippen molar-refractivity contribution < 1.29 is 4.79 Å². The molecule has 0 aliphatic carbocycles. The first-order chi connectivity index (χ1) is 13.2. The highest BCUT2D eigenvalue weighted by Crippen LogP contribution is 2.22. The van der Waals surface area contributed by atoms with E-state index in [9.17, 15) is 4.79 Å². The zero-order valence-electron chi connectivity index (χ0n) is 15.4. The first kappa shape index (κ1) is 17.5. The molecule has 1 amide bonds. The highest BCUT2D eigenvalue weighted by Gasteiger charge is 2.23. The second-order valence-corrected chi connectivity index (χ2v) is 7.09. The van der Waals surface area contributed by atoms with Gasteiger partial charge in [0.2, 0.25) is 0 Å². The number of benzene rings is 2. The Kier molecular flexibility index (Phi) is 5.03. The van der Waals surface area contributed by atoms with Gasteiger partial charge in [-0.1, -0.05) is 43.3 Å². The molecule has 2 unspecified atom stereocenters. The number of piperidine rings is 1. The second-order valence-electron chi connectivity index (χ2n) is 7.09. The Morgan fingerprint density at radius 1 is 1.15 bits per heavy atom. The van der Waals surface area contributed by atoms with Gasteiger partial charge in [0.15, 0.2) is 0 Å². The van der Waals surface area contributed by atoms with Gasteiger partial charge < -0.3 is 10.6 Å². The maximum absolute atomic E-state index is 12.8. The fraction of sp³-hybridized carbons (Fsp3) is 0.273. The Morgan fingerprint density at radius 3 is 2.81 bits per heavy atom. The van der Waals surface area contributed by atoms with Crippen molar-refractivity contribution in [1.82, 2.24) is 20.4 Å². The Labute approximate surface area is 159 Å². The van der Waals surface area contributed by atoms with Crippen LogP contribution in [0.2, 0.25) is 0 Å². The lowest BCUT2D eigenvalue weighted by molar-refractivity contribution is 0.0914. The molecule has 2 atom stereocenters. The van der Waals surface area contributed by atoms with E-state index in [2.05, 4.69) is 34.8 Å². The Morgan fingerprint density at radius 2 is 2.00 bits per heavy atom. The predicted octanol–water partition coefficient (Wildman–Crippen LogP) is 3.27. The average Bonchev–Trinajstić information content (AvgIpc) is 3.20. The van der Waals surface area contributed by atoms with Gasteiger partial charge in [-0.3, -0.25) is 4.79 Å². The Balaban J connectivity index is 1.59. The zero-order chi connectivity index (χ0) is 18.6. The van der Waals surface area contributed by atoms with Gasteiger partial charge in [-0.25, -0.2) is 4.68 Å². The molecule has 2 heterocycles. The van der Waals surface area contributed by atoms with Crippen molar-refractivity contribution in [3.63, 3.8) is 0 Å². The first-order valence-electron chi connectivity index (χ1n) is 9.44. The topological polar surface area (TPSA) is 58.9 Å². The van der Waals surface area contributed by atoms with E-state index in [1.54, 1.807) is 6.20 Å². The van der Waals surface area contributed by atoms with E-state index in [0.717, 1.165) is 36.5 Å². The minimum atomic E-state index is -0.0241. The highest BCUT2D eigenvalue weighted by molar-refractivity contribution is 5.95. The third-order valence-electron chi connectivity index (χ3n) is 5.17. The van der Waals surface area contributed by atoms with Crippen LogP contribution in [-0.4, -0.2) is 34.8 Å². The lowest BCUT2D eigenvalue weighted by Gasteiger charge is -2.30. The molecule has 4 rings (SSSR count). The molecule has 0 bridgehead atoms. The maximum Gasteiger partial charge on any atom is 0.251 e. The zero-order valence-corrected chi connectivity index (χ0v) is 15.4. The molecule has 2 N–H and O–H groups in total. The van der Waals surface area contributed by atoms with Crippen LogP contribution in [-0.2, 0) is 0 Å². The van der Waals surface area contributed by atoms with E-state index in [-0.39, 0.29) is 11.9 Å². The van der Waals surface area contributed by atoms with Crippen LogP contribution in [0, 0.1) is 5.92 Å². The molecule has 27 heavy (non-hydrogen) atoms. The smallest absolute Gasteiger partial charge is 0.251 e. The highest BCUT2D eigenvalue weighted by atomic mass is 16.1. The van der Waals surface area contributed by atoms with Crippen molar-refractivity contribution in [2.75, 3.05) is 13.1 Å². The fourth-order valence-corrected chi connectivity index (χ4v) is 3.60. The summed E-state index contributed by atoms with van der Waals surface area (Å²) >= 11 is 0. The number of nitrogens with one attached hydrogen (secondary N) is 2. The van der Waals surface area contributed by atoms with Crippen molar-refractivity contribution in [3.05, 3.63) is 72.4 Å². The maximum atomic E-state index is 12.8. The first-order valence-corrected chi connectivity index (χ1v) is 9.44. The monoisotopic (exact) mass is 360 g/mol. The van der Waals surface area contributed by atoms with Gasteiger partial charge in [0, 0.05) is 17.2 Å². The molecule has 1 saturated heterocycles. The van der Waals surface area contributed by atoms with Gasteiger partial charge in [0.1, 0.15) is 0 Å². The second kappa shape index (κ2) is 7.76. The normalized spacial score (nSPS) is 19.6. The van der Waals surface area contributed by atoms with Crippen molar-refractivity contribution in [3.8, 4) is 16.9 Å². The van der Waals surface area contributed by atoms with Crippen molar-refractivity contribution in [1.29, 1.82) is 0 Å². The van der Waals surface area contributed by atoms with E-state index >= 15 is 0 Å². The lowest BCUT2D eigenvalue weighted by Crippen LogP contribution is -2.48. The van der Waals surface area contributed by atoms with Crippen LogP contribution < -0.4 is 10.6 Å². The van der Waals surface area contributed by atoms with Crippen LogP contribution in [0.3, 0.4) is 0 Å². The van der Waals surface area contributed by atoms with Gasteiger partial charge in [-0.15, -0.1) is 0 Å². The quantitative estimate of drug-likeness (QED) is 0.751. The van der Waals surface area contributed by atoms with Crippen LogP contribution in [0.1, 0.15) is 23.7 Å². The third-order valence-corrected chi connectivity index (χ3v) is 5.17. The fourth-order valence-electron chi connectivity index (χ4n) is 3.60. The molecule has 0 radical (unpaired) electrons. The van der Waals surface area contributed by atoms with E-state index in [1.807, 2.05) is 53.2 Å². The molecule has 1 fully saturated rings. The molecule has 3 aromatic rings. The van der Waals surface area contributed by atoms with E-state index in [4.69, 9.17) is 0 Å². The minimum Gasteiger partial charge on any atom is -0.349 e. The van der Waals surface area contributed by atoms with Gasteiger partial charge in [0.05, 0.1) is 17.6 Å². The molecule has 5 nitrogen and oxygen atoms in total. The summed E-state index contributed by atoms with van der Waals surface area (Å²) in [6.07, 6.45) is 2.75. The molecule has 1 aliphatic rings. The number of carbonyl (C=O) groups excluding carboxylic acids is 1. The molecular formula is C22H24N4O. The van der Waals surface area contributed by atoms with Gasteiger partial charge in [-0.2, -0.15) is 5.10 Å². The molecule has 0 saturated carbocycles. The summed E-state index contributed by atoms with van der Waals surface area (Å²) in [4.78, 5) is 12.8. The Hall–Kier alpha value is -2.92. The van der Waals surface area contributed by atoms with Crippen LogP contribution in [0.15, 0.2) is 66.9 Å². The SMILES string of the molecule is CC1CNCCC1NC(=O)c1cccc(-n2nccc2-c2ccccc2)c1. The number of nitrogens with zero attached hydrogens (tertiary/aromatic N) is 2. The molecule has 138 valence electrons. The Bertz CT molecular complexity index is 919. The van der Waals surface area contributed by atoms with Crippen molar-refractivity contribution in [2.24, 2.45) is 5.92 Å². The molecule has 1 aromatic heterocycles. The number of hydrogen-bond donors (Lipinski definition) is 2. The number of hydrogen-bond acceptors (Lipinski definition) is 3. The van der Waals surface area contributed by atoms with Gasteiger partial charge >= 0.3 is 0 Å². The molecular weight excluding hydrogens is 336 g/mol.